The molecular formula is C17H25ClN2O2. The molecule has 1 aliphatic heterocycles. The summed E-state index contributed by atoms with van der Waals surface area (Å²) in [6, 6.07) is 8.03. The molecule has 2 fully saturated rings. The van der Waals surface area contributed by atoms with Crippen LogP contribution in [-0.2, 0) is 11.3 Å². The van der Waals surface area contributed by atoms with E-state index in [4.69, 9.17) is 4.74 Å². The van der Waals surface area contributed by atoms with E-state index in [2.05, 4.69) is 10.6 Å². The largest absolute Gasteiger partial charge is 0.490 e. The summed E-state index contributed by atoms with van der Waals surface area (Å²) in [5, 5.41) is 6.36. The highest BCUT2D eigenvalue weighted by Crippen LogP contribution is 2.27. The first-order valence-electron chi connectivity index (χ1n) is 8.06. The lowest BCUT2D eigenvalue weighted by atomic mass is 9.96. The van der Waals surface area contributed by atoms with Crippen molar-refractivity contribution in [1.82, 2.24) is 10.6 Å². The van der Waals surface area contributed by atoms with Crippen LogP contribution in [0.15, 0.2) is 24.3 Å². The Kier molecular flexibility index (Phi) is 6.52. The third kappa shape index (κ3) is 4.37. The second-order valence-corrected chi connectivity index (χ2v) is 6.02. The number of halogens is 1. The van der Waals surface area contributed by atoms with E-state index in [1.54, 1.807) is 0 Å². The predicted molar refractivity (Wildman–Crippen MR) is 89.4 cm³/mol. The molecule has 1 aliphatic carbocycles. The summed E-state index contributed by atoms with van der Waals surface area (Å²) in [5.41, 5.74) is 1.08. The molecule has 1 aromatic carbocycles. The molecule has 3 rings (SSSR count). The molecule has 0 bridgehead atoms. The highest BCUT2D eigenvalue weighted by molar-refractivity contribution is 5.85. The van der Waals surface area contributed by atoms with Crippen LogP contribution < -0.4 is 15.4 Å². The normalized spacial score (nSPS) is 18.9. The average Bonchev–Trinajstić information content (AvgIpc) is 2.50. The first-order chi connectivity index (χ1) is 10.3. The Morgan fingerprint density at radius 2 is 1.91 bits per heavy atom. The molecule has 22 heavy (non-hydrogen) atoms. The van der Waals surface area contributed by atoms with Gasteiger partial charge in [0.05, 0.1) is 6.10 Å². The van der Waals surface area contributed by atoms with Gasteiger partial charge >= 0.3 is 0 Å². The Morgan fingerprint density at radius 3 is 2.59 bits per heavy atom. The van der Waals surface area contributed by atoms with Gasteiger partial charge < -0.3 is 15.4 Å². The minimum atomic E-state index is 0. The van der Waals surface area contributed by atoms with Crippen LogP contribution in [0.5, 0.6) is 5.75 Å². The fourth-order valence-corrected chi connectivity index (χ4v) is 2.84. The van der Waals surface area contributed by atoms with Gasteiger partial charge in [0.25, 0.3) is 0 Å². The zero-order valence-electron chi connectivity index (χ0n) is 12.8. The molecular weight excluding hydrogens is 300 g/mol. The van der Waals surface area contributed by atoms with Gasteiger partial charge in [0, 0.05) is 18.0 Å². The van der Waals surface area contributed by atoms with E-state index >= 15 is 0 Å². The number of hydrogen-bond acceptors (Lipinski definition) is 3. The number of nitrogens with one attached hydrogen (secondary N) is 2. The predicted octanol–water partition coefficient (Wildman–Crippen LogP) is 2.66. The minimum absolute atomic E-state index is 0. The fraction of sp³-hybridized carbons (Fsp3) is 0.588. The lowest BCUT2D eigenvalue weighted by molar-refractivity contribution is -0.125. The van der Waals surface area contributed by atoms with Crippen molar-refractivity contribution in [2.24, 2.45) is 5.92 Å². The monoisotopic (exact) mass is 324 g/mol. The topological polar surface area (TPSA) is 50.4 Å². The van der Waals surface area contributed by atoms with E-state index in [0.29, 0.717) is 12.6 Å². The fourth-order valence-electron chi connectivity index (χ4n) is 2.84. The summed E-state index contributed by atoms with van der Waals surface area (Å²) in [5.74, 6) is 1.26. The first-order valence-corrected chi connectivity index (χ1v) is 8.06. The van der Waals surface area contributed by atoms with Gasteiger partial charge in [-0.05, 0) is 51.3 Å². The van der Waals surface area contributed by atoms with Crippen LogP contribution in [0.1, 0.15) is 37.7 Å². The highest BCUT2D eigenvalue weighted by atomic mass is 35.5. The van der Waals surface area contributed by atoms with Crippen molar-refractivity contribution in [1.29, 1.82) is 0 Å². The maximum Gasteiger partial charge on any atom is 0.223 e. The molecule has 122 valence electrons. The smallest absolute Gasteiger partial charge is 0.223 e. The molecule has 4 nitrogen and oxygen atoms in total. The van der Waals surface area contributed by atoms with E-state index in [-0.39, 0.29) is 24.2 Å². The third-order valence-corrected chi connectivity index (χ3v) is 4.48. The van der Waals surface area contributed by atoms with Crippen molar-refractivity contribution in [3.8, 4) is 5.75 Å². The summed E-state index contributed by atoms with van der Waals surface area (Å²) < 4.78 is 6.00. The van der Waals surface area contributed by atoms with Crippen LogP contribution in [-0.4, -0.2) is 25.1 Å². The molecule has 2 aliphatic rings. The number of ether oxygens (including phenoxy) is 1. The number of benzene rings is 1. The molecule has 0 unspecified atom stereocenters. The van der Waals surface area contributed by atoms with Gasteiger partial charge in [-0.2, -0.15) is 0 Å². The number of rotatable bonds is 5. The third-order valence-electron chi connectivity index (χ3n) is 4.48. The zero-order chi connectivity index (χ0) is 14.5. The Hall–Kier alpha value is -1.26. The van der Waals surface area contributed by atoms with Crippen LogP contribution in [0.3, 0.4) is 0 Å². The lowest BCUT2D eigenvalue weighted by Crippen LogP contribution is -2.38. The molecule has 0 spiro atoms. The molecule has 0 radical (unpaired) electrons. The molecule has 0 aromatic heterocycles. The summed E-state index contributed by atoms with van der Waals surface area (Å²) in [6.07, 6.45) is 5.80. The second-order valence-electron chi connectivity index (χ2n) is 6.02. The number of carbonyl (C=O) groups excluding carboxylic acids is 1. The van der Waals surface area contributed by atoms with Crippen molar-refractivity contribution in [3.63, 3.8) is 0 Å². The minimum Gasteiger partial charge on any atom is -0.490 e. The van der Waals surface area contributed by atoms with E-state index < -0.39 is 0 Å². The van der Waals surface area contributed by atoms with Crippen molar-refractivity contribution in [2.45, 2.75) is 44.8 Å². The molecule has 1 heterocycles. The first kappa shape index (κ1) is 17.1. The second kappa shape index (κ2) is 8.39. The van der Waals surface area contributed by atoms with Crippen LogP contribution >= 0.6 is 12.4 Å². The molecule has 2 N–H and O–H groups in total. The number of piperidine rings is 1. The van der Waals surface area contributed by atoms with E-state index in [0.717, 1.165) is 50.1 Å². The molecule has 1 aromatic rings. The van der Waals surface area contributed by atoms with Crippen molar-refractivity contribution in [2.75, 3.05) is 13.1 Å². The summed E-state index contributed by atoms with van der Waals surface area (Å²) in [4.78, 5) is 12.2. The molecule has 0 atom stereocenters. The van der Waals surface area contributed by atoms with Gasteiger partial charge in [0.15, 0.2) is 0 Å². The van der Waals surface area contributed by atoms with Gasteiger partial charge in [-0.25, -0.2) is 0 Å². The summed E-state index contributed by atoms with van der Waals surface area (Å²) in [7, 11) is 0. The SMILES string of the molecule is Cl.O=C(NCc1ccccc1OC1CCC1)C1CCNCC1. The maximum absolute atomic E-state index is 12.2. The highest BCUT2D eigenvalue weighted by Gasteiger charge is 2.22. The molecule has 1 amide bonds. The van der Waals surface area contributed by atoms with Crippen LogP contribution in [0, 0.1) is 5.92 Å². The lowest BCUT2D eigenvalue weighted by Gasteiger charge is -2.27. The van der Waals surface area contributed by atoms with E-state index in [1.807, 2.05) is 24.3 Å². The van der Waals surface area contributed by atoms with Crippen LogP contribution in [0.25, 0.3) is 0 Å². The van der Waals surface area contributed by atoms with E-state index in [9.17, 15) is 4.79 Å². The summed E-state index contributed by atoms with van der Waals surface area (Å²) in [6.45, 7) is 2.45. The van der Waals surface area contributed by atoms with Crippen molar-refractivity contribution < 1.29 is 9.53 Å². The Labute approximate surface area is 138 Å². The maximum atomic E-state index is 12.2. The Balaban J connectivity index is 0.00000176. The van der Waals surface area contributed by atoms with Crippen molar-refractivity contribution >= 4 is 18.3 Å². The average molecular weight is 325 g/mol. The number of hydrogen-bond donors (Lipinski definition) is 2. The van der Waals surface area contributed by atoms with Gasteiger partial charge in [-0.1, -0.05) is 18.2 Å². The molecule has 5 heteroatoms. The van der Waals surface area contributed by atoms with Crippen LogP contribution in [0.2, 0.25) is 0 Å². The number of amides is 1. The van der Waals surface area contributed by atoms with Crippen molar-refractivity contribution in [3.05, 3.63) is 29.8 Å². The molecule has 1 saturated carbocycles. The quantitative estimate of drug-likeness (QED) is 0.875. The standard InChI is InChI=1S/C17H24N2O2.ClH/c20-17(13-8-10-18-11-9-13)19-12-14-4-1-2-7-16(14)21-15-5-3-6-15;/h1-2,4,7,13,15,18H,3,5-6,8-12H2,(H,19,20);1H. The van der Waals surface area contributed by atoms with Gasteiger partial charge in [0.1, 0.15) is 5.75 Å². The zero-order valence-corrected chi connectivity index (χ0v) is 13.7. The number of para-hydroxylation sites is 1. The number of carbonyl (C=O) groups is 1. The van der Waals surface area contributed by atoms with E-state index in [1.165, 1.54) is 6.42 Å². The van der Waals surface area contributed by atoms with Gasteiger partial charge in [0.2, 0.25) is 5.91 Å². The van der Waals surface area contributed by atoms with Gasteiger partial charge in [-0.3, -0.25) is 4.79 Å². The molecule has 1 saturated heterocycles. The van der Waals surface area contributed by atoms with Gasteiger partial charge in [-0.15, -0.1) is 12.4 Å². The Morgan fingerprint density at radius 1 is 1.18 bits per heavy atom. The Bertz CT molecular complexity index is 485. The summed E-state index contributed by atoms with van der Waals surface area (Å²) >= 11 is 0. The van der Waals surface area contributed by atoms with Crippen LogP contribution in [0.4, 0.5) is 0 Å².